The van der Waals surface area contributed by atoms with Gasteiger partial charge in [0, 0.05) is 19.1 Å². The van der Waals surface area contributed by atoms with Gasteiger partial charge in [-0.15, -0.1) is 0 Å². The van der Waals surface area contributed by atoms with Gasteiger partial charge in [0.25, 0.3) is 0 Å². The van der Waals surface area contributed by atoms with Crippen molar-refractivity contribution in [2.24, 2.45) is 11.7 Å². The van der Waals surface area contributed by atoms with E-state index in [1.54, 1.807) is 11.8 Å². The van der Waals surface area contributed by atoms with Crippen molar-refractivity contribution in [3.63, 3.8) is 0 Å². The lowest BCUT2D eigenvalue weighted by Gasteiger charge is -2.27. The van der Waals surface area contributed by atoms with Crippen LogP contribution >= 0.6 is 11.8 Å². The van der Waals surface area contributed by atoms with E-state index in [-0.39, 0.29) is 18.5 Å². The van der Waals surface area contributed by atoms with E-state index in [1.807, 2.05) is 24.5 Å². The Morgan fingerprint density at radius 1 is 1.16 bits per heavy atom. The van der Waals surface area contributed by atoms with Gasteiger partial charge in [0.15, 0.2) is 0 Å². The lowest BCUT2D eigenvalue weighted by molar-refractivity contribution is -0.145. The van der Waals surface area contributed by atoms with Crippen LogP contribution in [0.5, 0.6) is 0 Å². The van der Waals surface area contributed by atoms with Crippen molar-refractivity contribution >= 4 is 34.4 Å². The monoisotopic (exact) mass is 459 g/mol. The van der Waals surface area contributed by atoms with E-state index in [2.05, 4.69) is 48.3 Å². The van der Waals surface area contributed by atoms with E-state index in [1.165, 1.54) is 17.9 Å². The molecule has 32 heavy (non-hydrogen) atoms. The SMILES string of the molecule is COC(=O)[C@H](CCSC)NC(=O)CN(Cc1cccc2ccccc12)C[C@@H](N)CC(C)C. The van der Waals surface area contributed by atoms with E-state index in [0.29, 0.717) is 25.4 Å². The van der Waals surface area contributed by atoms with Crippen molar-refractivity contribution < 1.29 is 14.3 Å². The minimum Gasteiger partial charge on any atom is -0.467 e. The molecule has 0 radical (unpaired) electrons. The van der Waals surface area contributed by atoms with Crippen molar-refractivity contribution in [3.8, 4) is 0 Å². The molecule has 0 bridgehead atoms. The topological polar surface area (TPSA) is 84.7 Å². The number of rotatable bonds is 13. The first-order chi connectivity index (χ1) is 15.3. The van der Waals surface area contributed by atoms with Crippen LogP contribution in [0.2, 0.25) is 0 Å². The summed E-state index contributed by atoms with van der Waals surface area (Å²) < 4.78 is 4.87. The van der Waals surface area contributed by atoms with Crippen LogP contribution in [0.15, 0.2) is 42.5 Å². The molecule has 6 nitrogen and oxygen atoms in total. The van der Waals surface area contributed by atoms with Gasteiger partial charge in [-0.3, -0.25) is 9.69 Å². The van der Waals surface area contributed by atoms with Crippen LogP contribution in [0.25, 0.3) is 10.8 Å². The molecule has 0 aliphatic heterocycles. The van der Waals surface area contributed by atoms with Gasteiger partial charge in [-0.05, 0) is 47.1 Å². The number of esters is 1. The fraction of sp³-hybridized carbons (Fsp3) is 0.520. The van der Waals surface area contributed by atoms with Gasteiger partial charge in [-0.25, -0.2) is 4.79 Å². The van der Waals surface area contributed by atoms with E-state index in [0.717, 1.165) is 17.7 Å². The molecule has 2 aromatic rings. The second kappa shape index (κ2) is 13.5. The van der Waals surface area contributed by atoms with E-state index in [4.69, 9.17) is 10.5 Å². The maximum atomic E-state index is 12.9. The molecule has 0 unspecified atom stereocenters. The molecule has 7 heteroatoms. The number of fused-ring (bicyclic) bond motifs is 1. The quantitative estimate of drug-likeness (QED) is 0.447. The Balaban J connectivity index is 2.16. The molecule has 176 valence electrons. The van der Waals surface area contributed by atoms with Crippen molar-refractivity contribution in [2.75, 3.05) is 32.2 Å². The zero-order valence-corrected chi connectivity index (χ0v) is 20.5. The second-order valence-electron chi connectivity index (χ2n) is 8.62. The Bertz CT molecular complexity index is 869. The standard InChI is InChI=1S/C25H37N3O3S/c1-18(2)14-21(26)16-28(15-20-10-7-9-19-8-5-6-11-22(19)20)17-24(29)27-23(12-13-32-4)25(30)31-3/h5-11,18,21,23H,12-17,26H2,1-4H3,(H,27,29)/t21-,23-/m0/s1. The van der Waals surface area contributed by atoms with Crippen LogP contribution in [0.4, 0.5) is 0 Å². The Labute approximate surface area is 196 Å². The first-order valence-electron chi connectivity index (χ1n) is 11.1. The zero-order chi connectivity index (χ0) is 23.5. The number of thioether (sulfide) groups is 1. The average Bonchev–Trinajstić information content (AvgIpc) is 2.75. The number of ether oxygens (including phenoxy) is 1. The van der Waals surface area contributed by atoms with E-state index in [9.17, 15) is 9.59 Å². The van der Waals surface area contributed by atoms with Gasteiger partial charge in [0.05, 0.1) is 13.7 Å². The third-order valence-corrected chi connectivity index (χ3v) is 5.98. The second-order valence-corrected chi connectivity index (χ2v) is 9.61. The summed E-state index contributed by atoms with van der Waals surface area (Å²) in [4.78, 5) is 27.1. The number of hydrogen-bond acceptors (Lipinski definition) is 6. The third-order valence-electron chi connectivity index (χ3n) is 5.34. The number of nitrogens with zero attached hydrogens (tertiary/aromatic N) is 1. The molecule has 0 aliphatic rings. The maximum Gasteiger partial charge on any atom is 0.328 e. The largest absolute Gasteiger partial charge is 0.467 e. The fourth-order valence-electron chi connectivity index (χ4n) is 3.94. The van der Waals surface area contributed by atoms with Crippen LogP contribution in [-0.4, -0.2) is 61.1 Å². The number of nitrogens with one attached hydrogen (secondary N) is 1. The number of benzene rings is 2. The minimum absolute atomic E-state index is 0.0364. The van der Waals surface area contributed by atoms with Crippen LogP contribution in [-0.2, 0) is 20.9 Å². The van der Waals surface area contributed by atoms with Gasteiger partial charge >= 0.3 is 5.97 Å². The van der Waals surface area contributed by atoms with Crippen molar-refractivity contribution in [2.45, 2.75) is 45.3 Å². The number of carbonyl (C=O) groups excluding carboxylic acids is 2. The molecule has 0 heterocycles. The van der Waals surface area contributed by atoms with Crippen molar-refractivity contribution in [1.82, 2.24) is 10.2 Å². The van der Waals surface area contributed by atoms with Crippen LogP contribution in [0.3, 0.4) is 0 Å². The molecule has 2 rings (SSSR count). The highest BCUT2D eigenvalue weighted by Crippen LogP contribution is 2.20. The molecule has 0 aromatic heterocycles. The van der Waals surface area contributed by atoms with Crippen molar-refractivity contribution in [3.05, 3.63) is 48.0 Å². The summed E-state index contributed by atoms with van der Waals surface area (Å²) in [7, 11) is 1.35. The molecule has 0 spiro atoms. The summed E-state index contributed by atoms with van der Waals surface area (Å²) in [6, 6.07) is 13.8. The first kappa shape index (κ1) is 26.2. The van der Waals surface area contributed by atoms with Gasteiger partial charge < -0.3 is 15.8 Å². The smallest absolute Gasteiger partial charge is 0.328 e. The summed E-state index contributed by atoms with van der Waals surface area (Å²) >= 11 is 1.63. The van der Waals surface area contributed by atoms with Gasteiger partial charge in [-0.1, -0.05) is 56.3 Å². The van der Waals surface area contributed by atoms with Gasteiger partial charge in [-0.2, -0.15) is 11.8 Å². The number of carbonyl (C=O) groups is 2. The molecule has 0 saturated heterocycles. The van der Waals surface area contributed by atoms with E-state index < -0.39 is 12.0 Å². The molecule has 0 aliphatic carbocycles. The zero-order valence-electron chi connectivity index (χ0n) is 19.7. The summed E-state index contributed by atoms with van der Waals surface area (Å²) in [5, 5.41) is 5.20. The molecular weight excluding hydrogens is 422 g/mol. The minimum atomic E-state index is -0.635. The number of nitrogens with two attached hydrogens (primary N) is 1. The maximum absolute atomic E-state index is 12.9. The average molecular weight is 460 g/mol. The fourth-order valence-corrected chi connectivity index (χ4v) is 4.41. The van der Waals surface area contributed by atoms with E-state index >= 15 is 0 Å². The highest BCUT2D eigenvalue weighted by molar-refractivity contribution is 7.98. The molecule has 3 N–H and O–H groups in total. The van der Waals surface area contributed by atoms with Gasteiger partial charge in [0.1, 0.15) is 6.04 Å². The summed E-state index contributed by atoms with van der Waals surface area (Å²) in [5.41, 5.74) is 7.56. The lowest BCUT2D eigenvalue weighted by Crippen LogP contribution is -2.48. The summed E-state index contributed by atoms with van der Waals surface area (Å²) in [6.07, 6.45) is 3.39. The summed E-state index contributed by atoms with van der Waals surface area (Å²) in [5.74, 6) is 0.635. The molecule has 0 saturated carbocycles. The Kier molecular flexibility index (Phi) is 11.0. The number of hydrogen-bond donors (Lipinski definition) is 2. The van der Waals surface area contributed by atoms with Crippen LogP contribution < -0.4 is 11.1 Å². The normalized spacial score (nSPS) is 13.3. The highest BCUT2D eigenvalue weighted by atomic mass is 32.2. The molecule has 0 fully saturated rings. The lowest BCUT2D eigenvalue weighted by atomic mass is 10.0. The Hall–Kier alpha value is -2.09. The Morgan fingerprint density at radius 2 is 1.88 bits per heavy atom. The first-order valence-corrected chi connectivity index (χ1v) is 12.5. The molecule has 1 amide bonds. The third kappa shape index (κ3) is 8.45. The van der Waals surface area contributed by atoms with Gasteiger partial charge in [0.2, 0.25) is 5.91 Å². The van der Waals surface area contributed by atoms with Crippen LogP contribution in [0, 0.1) is 5.92 Å². The predicted octanol–water partition coefficient (Wildman–Crippen LogP) is 3.43. The molecule has 2 atom stereocenters. The van der Waals surface area contributed by atoms with Crippen molar-refractivity contribution in [1.29, 1.82) is 0 Å². The highest BCUT2D eigenvalue weighted by Gasteiger charge is 2.23. The molecular formula is C25H37N3O3S. The number of methoxy groups -OCH3 is 1. The Morgan fingerprint density at radius 3 is 2.56 bits per heavy atom. The van der Waals surface area contributed by atoms with Crippen LogP contribution in [0.1, 0.15) is 32.3 Å². The predicted molar refractivity (Wildman–Crippen MR) is 134 cm³/mol. The summed E-state index contributed by atoms with van der Waals surface area (Å²) in [6.45, 7) is 5.67. The number of amides is 1. The molecule has 2 aromatic carbocycles.